The first-order chi connectivity index (χ1) is 18.8. The van der Waals surface area contributed by atoms with E-state index in [2.05, 4.69) is 0 Å². The number of fused-ring (bicyclic) bond motifs is 1. The van der Waals surface area contributed by atoms with Gasteiger partial charge in [0.05, 0.1) is 11.5 Å². The predicted octanol–water partition coefficient (Wildman–Crippen LogP) is 7.15. The summed E-state index contributed by atoms with van der Waals surface area (Å²) in [6, 6.07) is 24.6. The lowest BCUT2D eigenvalue weighted by atomic mass is 9.83. The number of allylic oxidation sites excluding steroid dienone is 1. The van der Waals surface area contributed by atoms with E-state index < -0.39 is 17.7 Å². The predicted molar refractivity (Wildman–Crippen MR) is 144 cm³/mol. The zero-order valence-electron chi connectivity index (χ0n) is 20.2. The van der Waals surface area contributed by atoms with Crippen LogP contribution in [0.15, 0.2) is 96.4 Å². The lowest BCUT2D eigenvalue weighted by Crippen LogP contribution is -2.22. The Hall–Kier alpha value is -4.51. The Morgan fingerprint density at radius 3 is 2.41 bits per heavy atom. The molecule has 0 aromatic heterocycles. The van der Waals surface area contributed by atoms with Crippen molar-refractivity contribution in [3.63, 3.8) is 0 Å². The molecule has 0 amide bonds. The number of nitrogens with zero attached hydrogens (tertiary/aromatic N) is 1. The van der Waals surface area contributed by atoms with Gasteiger partial charge in [0.2, 0.25) is 5.88 Å². The molecule has 6 nitrogen and oxygen atoms in total. The van der Waals surface area contributed by atoms with Gasteiger partial charge in [-0.3, -0.25) is 0 Å². The van der Waals surface area contributed by atoms with Gasteiger partial charge in [0.1, 0.15) is 41.3 Å². The molecule has 5 rings (SSSR count). The fourth-order valence-corrected chi connectivity index (χ4v) is 4.58. The SMILES string of the molecule is N#CC1=C(N)Oc2cc(OC(=O)c3ccc(OCc4ccc(Cl)cc4)cc3)ccc2[C@@H]1c1c(F)cccc1Cl. The van der Waals surface area contributed by atoms with Crippen molar-refractivity contribution in [3.8, 4) is 23.3 Å². The van der Waals surface area contributed by atoms with Crippen LogP contribution in [0.2, 0.25) is 10.0 Å². The molecule has 0 aliphatic carbocycles. The Morgan fingerprint density at radius 2 is 1.72 bits per heavy atom. The second-order valence-corrected chi connectivity index (χ2v) is 9.43. The molecule has 0 fully saturated rings. The summed E-state index contributed by atoms with van der Waals surface area (Å²) in [7, 11) is 0. The van der Waals surface area contributed by atoms with E-state index in [-0.39, 0.29) is 33.5 Å². The number of hydrogen-bond acceptors (Lipinski definition) is 6. The van der Waals surface area contributed by atoms with E-state index in [9.17, 15) is 14.4 Å². The normalized spacial score (nSPS) is 14.2. The second kappa shape index (κ2) is 11.1. The van der Waals surface area contributed by atoms with Crippen molar-refractivity contribution in [1.82, 2.24) is 0 Å². The van der Waals surface area contributed by atoms with Crippen molar-refractivity contribution in [2.45, 2.75) is 12.5 Å². The van der Waals surface area contributed by atoms with Crippen LogP contribution in [0.5, 0.6) is 17.2 Å². The minimum atomic E-state index is -0.891. The highest BCUT2D eigenvalue weighted by Gasteiger charge is 2.34. The van der Waals surface area contributed by atoms with Gasteiger partial charge in [0.15, 0.2) is 0 Å². The minimum Gasteiger partial charge on any atom is -0.489 e. The Kier molecular flexibility index (Phi) is 7.42. The number of nitrogens with two attached hydrogens (primary N) is 1. The van der Waals surface area contributed by atoms with Gasteiger partial charge in [-0.05, 0) is 60.2 Å². The number of esters is 1. The van der Waals surface area contributed by atoms with Gasteiger partial charge in [0, 0.05) is 27.2 Å². The molecule has 39 heavy (non-hydrogen) atoms. The van der Waals surface area contributed by atoms with Crippen LogP contribution in [0.25, 0.3) is 0 Å². The van der Waals surface area contributed by atoms with Crippen molar-refractivity contribution in [3.05, 3.63) is 135 Å². The number of carbonyl (C=O) groups excluding carboxylic acids is 1. The van der Waals surface area contributed by atoms with E-state index in [4.69, 9.17) is 43.1 Å². The number of benzene rings is 4. The monoisotopic (exact) mass is 560 g/mol. The number of hydrogen-bond donors (Lipinski definition) is 1. The first-order valence-electron chi connectivity index (χ1n) is 11.7. The maximum atomic E-state index is 14.8. The average Bonchev–Trinajstić information content (AvgIpc) is 2.92. The van der Waals surface area contributed by atoms with Gasteiger partial charge < -0.3 is 19.9 Å². The van der Waals surface area contributed by atoms with Crippen LogP contribution in [0.1, 0.15) is 33.0 Å². The van der Waals surface area contributed by atoms with E-state index in [0.717, 1.165) is 5.56 Å². The third-order valence-corrected chi connectivity index (χ3v) is 6.68. The molecule has 9 heteroatoms. The molecule has 0 saturated heterocycles. The topological polar surface area (TPSA) is 94.6 Å². The number of rotatable bonds is 6. The molecule has 0 radical (unpaired) electrons. The van der Waals surface area contributed by atoms with E-state index in [1.165, 1.54) is 30.3 Å². The smallest absolute Gasteiger partial charge is 0.343 e. The summed E-state index contributed by atoms with van der Waals surface area (Å²) in [5, 5.41) is 10.5. The molecule has 1 heterocycles. The largest absolute Gasteiger partial charge is 0.489 e. The van der Waals surface area contributed by atoms with Gasteiger partial charge in [-0.25, -0.2) is 9.18 Å². The van der Waals surface area contributed by atoms with E-state index in [0.29, 0.717) is 28.5 Å². The molecule has 0 bridgehead atoms. The van der Waals surface area contributed by atoms with Crippen molar-refractivity contribution < 1.29 is 23.4 Å². The Bertz CT molecular complexity index is 1610. The van der Waals surface area contributed by atoms with Gasteiger partial charge >= 0.3 is 5.97 Å². The lowest BCUT2D eigenvalue weighted by Gasteiger charge is -2.27. The molecule has 2 N–H and O–H groups in total. The summed E-state index contributed by atoms with van der Waals surface area (Å²) in [5.41, 5.74) is 7.84. The van der Waals surface area contributed by atoms with Crippen LogP contribution in [0.4, 0.5) is 4.39 Å². The number of carbonyl (C=O) groups is 1. The van der Waals surface area contributed by atoms with Crippen molar-refractivity contribution in [2.24, 2.45) is 5.73 Å². The summed E-state index contributed by atoms with van der Waals surface area (Å²) in [6.45, 7) is 0.347. The standard InChI is InChI=1S/C30H19Cl2FN2O4/c31-19-8-4-17(5-9-19)16-37-20-10-6-18(7-11-20)30(36)38-21-12-13-22-26(14-21)39-29(35)23(15-34)27(22)28-24(32)2-1-3-25(28)33/h1-14,27H,16,35H2/t27-/m0/s1. The lowest BCUT2D eigenvalue weighted by molar-refractivity contribution is 0.0734. The number of halogens is 3. The maximum Gasteiger partial charge on any atom is 0.343 e. The third-order valence-electron chi connectivity index (χ3n) is 6.10. The van der Waals surface area contributed by atoms with E-state index >= 15 is 0 Å². The van der Waals surface area contributed by atoms with Crippen molar-refractivity contribution >= 4 is 29.2 Å². The summed E-state index contributed by atoms with van der Waals surface area (Å²) < 4.78 is 31.7. The van der Waals surface area contributed by atoms with Gasteiger partial charge in [-0.2, -0.15) is 5.26 Å². The second-order valence-electron chi connectivity index (χ2n) is 8.59. The average molecular weight is 561 g/mol. The molecule has 194 valence electrons. The number of ether oxygens (including phenoxy) is 3. The number of nitriles is 1. The third kappa shape index (κ3) is 5.53. The summed E-state index contributed by atoms with van der Waals surface area (Å²) >= 11 is 12.2. The zero-order chi connectivity index (χ0) is 27.5. The molecule has 4 aromatic rings. The molecule has 0 spiro atoms. The molecular weight excluding hydrogens is 542 g/mol. The highest BCUT2D eigenvalue weighted by Crippen LogP contribution is 2.46. The molecule has 0 saturated carbocycles. The van der Waals surface area contributed by atoms with Crippen LogP contribution in [0, 0.1) is 17.1 Å². The highest BCUT2D eigenvalue weighted by molar-refractivity contribution is 6.31. The fourth-order valence-electron chi connectivity index (χ4n) is 4.18. The molecule has 1 aliphatic rings. The summed E-state index contributed by atoms with van der Waals surface area (Å²) in [6.07, 6.45) is 0. The molecule has 1 atom stereocenters. The molecule has 0 unspecified atom stereocenters. The van der Waals surface area contributed by atoms with Gasteiger partial charge in [0.25, 0.3) is 0 Å². The summed E-state index contributed by atoms with van der Waals surface area (Å²) in [5.74, 6) is -1.30. The maximum absolute atomic E-state index is 14.8. The highest BCUT2D eigenvalue weighted by atomic mass is 35.5. The zero-order valence-corrected chi connectivity index (χ0v) is 21.7. The van der Waals surface area contributed by atoms with E-state index in [1.807, 2.05) is 18.2 Å². The molecular formula is C30H19Cl2FN2O4. The van der Waals surface area contributed by atoms with Crippen LogP contribution >= 0.6 is 23.2 Å². The van der Waals surface area contributed by atoms with Crippen molar-refractivity contribution in [2.75, 3.05) is 0 Å². The van der Waals surface area contributed by atoms with Crippen molar-refractivity contribution in [1.29, 1.82) is 5.26 Å². The summed E-state index contributed by atoms with van der Waals surface area (Å²) in [4.78, 5) is 12.8. The van der Waals surface area contributed by atoms with Crippen LogP contribution in [0.3, 0.4) is 0 Å². The Morgan fingerprint density at radius 1 is 1.00 bits per heavy atom. The van der Waals surface area contributed by atoms with Gasteiger partial charge in [-0.1, -0.05) is 47.5 Å². The first-order valence-corrected chi connectivity index (χ1v) is 12.4. The van der Waals surface area contributed by atoms with Gasteiger partial charge in [-0.15, -0.1) is 0 Å². The quantitative estimate of drug-likeness (QED) is 0.199. The molecule has 1 aliphatic heterocycles. The Labute approximate surface area is 233 Å². The van der Waals surface area contributed by atoms with E-state index in [1.54, 1.807) is 42.5 Å². The van der Waals surface area contributed by atoms with Crippen LogP contribution in [-0.4, -0.2) is 5.97 Å². The molecule has 4 aromatic carbocycles. The Balaban J connectivity index is 1.33. The minimum absolute atomic E-state index is 0.0256. The fraction of sp³-hybridized carbons (Fsp3) is 0.0667. The van der Waals surface area contributed by atoms with Crippen LogP contribution in [-0.2, 0) is 6.61 Å². The first kappa shape index (κ1) is 26.1. The van der Waals surface area contributed by atoms with Crippen LogP contribution < -0.4 is 19.9 Å².